The average molecular weight is 212 g/mol. The van der Waals surface area contributed by atoms with Gasteiger partial charge in [-0.2, -0.15) is 0 Å². The monoisotopic (exact) mass is 211 g/mol. The molecule has 0 amide bonds. The van der Waals surface area contributed by atoms with Crippen molar-refractivity contribution >= 4 is 11.6 Å². The van der Waals surface area contributed by atoms with E-state index in [1.54, 1.807) is 0 Å². The van der Waals surface area contributed by atoms with Crippen LogP contribution in [0.3, 0.4) is 0 Å². The minimum atomic E-state index is 0.0391. The maximum absolute atomic E-state index is 5.81. The zero-order valence-electron chi connectivity index (χ0n) is 8.16. The molecule has 1 fully saturated rings. The lowest BCUT2D eigenvalue weighted by Gasteiger charge is -2.11. The first kappa shape index (κ1) is 9.97. The lowest BCUT2D eigenvalue weighted by atomic mass is 10.2. The van der Waals surface area contributed by atoms with Crippen LogP contribution < -0.4 is 5.32 Å². The molecular weight excluding hydrogens is 198 g/mol. The molecule has 0 bridgehead atoms. The van der Waals surface area contributed by atoms with Crippen LogP contribution in [0.5, 0.6) is 0 Å². The van der Waals surface area contributed by atoms with Gasteiger partial charge in [-0.05, 0) is 24.1 Å². The van der Waals surface area contributed by atoms with E-state index in [1.165, 1.54) is 0 Å². The molecular formula is C11H14ClNO. The fraction of sp³-hybridized carbons (Fsp3) is 0.455. The van der Waals surface area contributed by atoms with Crippen molar-refractivity contribution < 1.29 is 4.74 Å². The second kappa shape index (κ2) is 4.30. The lowest BCUT2D eigenvalue weighted by molar-refractivity contribution is 0.101. The van der Waals surface area contributed by atoms with Crippen molar-refractivity contribution in [2.75, 3.05) is 6.61 Å². The first-order valence-electron chi connectivity index (χ1n) is 4.92. The summed E-state index contributed by atoms with van der Waals surface area (Å²) in [6.07, 6.45) is 1.14. The van der Waals surface area contributed by atoms with Crippen molar-refractivity contribution in [2.24, 2.45) is 0 Å². The number of benzene rings is 1. The van der Waals surface area contributed by atoms with Crippen molar-refractivity contribution in [2.45, 2.75) is 25.6 Å². The molecule has 0 radical (unpaired) electrons. The van der Waals surface area contributed by atoms with E-state index in [-0.39, 0.29) is 6.23 Å². The molecule has 2 nitrogen and oxygen atoms in total. The van der Waals surface area contributed by atoms with Gasteiger partial charge < -0.3 is 4.74 Å². The van der Waals surface area contributed by atoms with Gasteiger partial charge in [-0.15, -0.1) is 0 Å². The number of nitrogens with one attached hydrogen (secondary N) is 1. The Labute approximate surface area is 89.2 Å². The highest BCUT2D eigenvalue weighted by Crippen LogP contribution is 2.22. The van der Waals surface area contributed by atoms with Gasteiger partial charge in [0.25, 0.3) is 0 Å². The SMILES string of the molecule is CC[C@H]1COC(c2ccc(Cl)cc2)N1. The Morgan fingerprint density at radius 3 is 2.71 bits per heavy atom. The zero-order chi connectivity index (χ0) is 9.97. The van der Waals surface area contributed by atoms with E-state index >= 15 is 0 Å². The molecule has 2 rings (SSSR count). The summed E-state index contributed by atoms with van der Waals surface area (Å²) in [6.45, 7) is 2.95. The molecule has 76 valence electrons. The standard InChI is InChI=1S/C11H14ClNO/c1-2-10-7-14-11(13-10)8-3-5-9(12)6-4-8/h3-6,10-11,13H,2,7H2,1H3/t10-,11?/m0/s1. The van der Waals surface area contributed by atoms with Gasteiger partial charge in [-0.3, -0.25) is 5.32 Å². The zero-order valence-corrected chi connectivity index (χ0v) is 8.92. The summed E-state index contributed by atoms with van der Waals surface area (Å²) < 4.78 is 5.63. The molecule has 1 N–H and O–H groups in total. The predicted molar refractivity (Wildman–Crippen MR) is 57.4 cm³/mol. The molecule has 1 heterocycles. The second-order valence-electron chi connectivity index (χ2n) is 3.54. The Morgan fingerprint density at radius 2 is 2.14 bits per heavy atom. The summed E-state index contributed by atoms with van der Waals surface area (Å²) in [4.78, 5) is 0. The van der Waals surface area contributed by atoms with Crippen molar-refractivity contribution in [1.29, 1.82) is 0 Å². The van der Waals surface area contributed by atoms with E-state index in [4.69, 9.17) is 16.3 Å². The lowest BCUT2D eigenvalue weighted by Crippen LogP contribution is -2.24. The Kier molecular flexibility index (Phi) is 3.06. The second-order valence-corrected chi connectivity index (χ2v) is 3.97. The summed E-state index contributed by atoms with van der Waals surface area (Å²) >= 11 is 5.81. The third-order valence-corrected chi connectivity index (χ3v) is 2.77. The maximum Gasteiger partial charge on any atom is 0.134 e. The molecule has 1 aliphatic rings. The van der Waals surface area contributed by atoms with Crippen LogP contribution >= 0.6 is 11.6 Å². The van der Waals surface area contributed by atoms with Crippen LogP contribution in [0.25, 0.3) is 0 Å². The van der Waals surface area contributed by atoms with Crippen LogP contribution in [0, 0.1) is 0 Å². The molecule has 1 unspecified atom stereocenters. The van der Waals surface area contributed by atoms with Gasteiger partial charge in [-0.1, -0.05) is 30.7 Å². The molecule has 3 heteroatoms. The van der Waals surface area contributed by atoms with Crippen LogP contribution in [-0.4, -0.2) is 12.6 Å². The fourth-order valence-corrected chi connectivity index (χ4v) is 1.71. The minimum absolute atomic E-state index is 0.0391. The van der Waals surface area contributed by atoms with E-state index in [0.29, 0.717) is 6.04 Å². The Hall–Kier alpha value is -0.570. The van der Waals surface area contributed by atoms with Gasteiger partial charge in [0.2, 0.25) is 0 Å². The van der Waals surface area contributed by atoms with Gasteiger partial charge in [0.1, 0.15) is 6.23 Å². The van der Waals surface area contributed by atoms with Gasteiger partial charge in [0.05, 0.1) is 6.61 Å². The molecule has 0 aromatic heterocycles. The van der Waals surface area contributed by atoms with Crippen LogP contribution in [-0.2, 0) is 4.74 Å². The third-order valence-electron chi connectivity index (χ3n) is 2.52. The van der Waals surface area contributed by atoms with Crippen LogP contribution in [0.1, 0.15) is 25.1 Å². The number of rotatable bonds is 2. The van der Waals surface area contributed by atoms with Crippen molar-refractivity contribution in [3.05, 3.63) is 34.9 Å². The van der Waals surface area contributed by atoms with Crippen molar-refractivity contribution in [3.8, 4) is 0 Å². The molecule has 1 aliphatic heterocycles. The van der Waals surface area contributed by atoms with Gasteiger partial charge in [-0.25, -0.2) is 0 Å². The van der Waals surface area contributed by atoms with Gasteiger partial charge in [0, 0.05) is 11.1 Å². The van der Waals surface area contributed by atoms with Crippen LogP contribution in [0.2, 0.25) is 5.02 Å². The van der Waals surface area contributed by atoms with Gasteiger partial charge in [0.15, 0.2) is 0 Å². The van der Waals surface area contributed by atoms with Crippen LogP contribution in [0.15, 0.2) is 24.3 Å². The summed E-state index contributed by atoms with van der Waals surface area (Å²) in [5.41, 5.74) is 1.14. The van der Waals surface area contributed by atoms with E-state index < -0.39 is 0 Å². The normalized spacial score (nSPS) is 26.7. The number of hydrogen-bond donors (Lipinski definition) is 1. The molecule has 14 heavy (non-hydrogen) atoms. The maximum atomic E-state index is 5.81. The largest absolute Gasteiger partial charge is 0.357 e. The van der Waals surface area contributed by atoms with Crippen LogP contribution in [0.4, 0.5) is 0 Å². The molecule has 2 atom stereocenters. The molecule has 1 aromatic carbocycles. The number of halogens is 1. The third kappa shape index (κ3) is 2.08. The summed E-state index contributed by atoms with van der Waals surface area (Å²) in [5, 5.41) is 4.17. The van der Waals surface area contributed by atoms with E-state index in [9.17, 15) is 0 Å². The first-order valence-corrected chi connectivity index (χ1v) is 5.30. The summed E-state index contributed by atoms with van der Waals surface area (Å²) in [6, 6.07) is 8.26. The summed E-state index contributed by atoms with van der Waals surface area (Å²) in [7, 11) is 0. The van der Waals surface area contributed by atoms with E-state index in [1.807, 2.05) is 24.3 Å². The Bertz CT molecular complexity index is 299. The van der Waals surface area contributed by atoms with E-state index in [2.05, 4.69) is 12.2 Å². The molecule has 1 saturated heterocycles. The highest BCUT2D eigenvalue weighted by Gasteiger charge is 2.23. The fourth-order valence-electron chi connectivity index (χ4n) is 1.59. The predicted octanol–water partition coefficient (Wildman–Crippen LogP) is 2.74. The Morgan fingerprint density at radius 1 is 1.43 bits per heavy atom. The molecule has 1 aromatic rings. The summed E-state index contributed by atoms with van der Waals surface area (Å²) in [5.74, 6) is 0. The highest BCUT2D eigenvalue weighted by atomic mass is 35.5. The quantitative estimate of drug-likeness (QED) is 0.812. The molecule has 0 spiro atoms. The molecule has 0 aliphatic carbocycles. The Balaban J connectivity index is 2.06. The first-order chi connectivity index (χ1) is 6.79. The molecule has 0 saturated carbocycles. The highest BCUT2D eigenvalue weighted by molar-refractivity contribution is 6.30. The van der Waals surface area contributed by atoms with Crippen molar-refractivity contribution in [3.63, 3.8) is 0 Å². The smallest absolute Gasteiger partial charge is 0.134 e. The van der Waals surface area contributed by atoms with Crippen molar-refractivity contribution in [1.82, 2.24) is 5.32 Å². The topological polar surface area (TPSA) is 21.3 Å². The average Bonchev–Trinajstić information content (AvgIpc) is 2.67. The number of ether oxygens (including phenoxy) is 1. The van der Waals surface area contributed by atoms with E-state index in [0.717, 1.165) is 23.6 Å². The minimum Gasteiger partial charge on any atom is -0.357 e. The number of hydrogen-bond acceptors (Lipinski definition) is 2. The van der Waals surface area contributed by atoms with Gasteiger partial charge >= 0.3 is 0 Å².